The van der Waals surface area contributed by atoms with Gasteiger partial charge in [-0.3, -0.25) is 4.79 Å². The molecule has 0 spiro atoms. The smallest absolute Gasteiger partial charge is 0.258 e. The lowest BCUT2D eigenvalue weighted by Crippen LogP contribution is -2.33. The van der Waals surface area contributed by atoms with E-state index in [-0.39, 0.29) is 5.91 Å². The van der Waals surface area contributed by atoms with E-state index in [1.165, 1.54) is 0 Å². The molecule has 0 unspecified atom stereocenters. The monoisotopic (exact) mass is 282 g/mol. The molecule has 2 aromatic carbocycles. The third-order valence-corrected chi connectivity index (χ3v) is 3.41. The Labute approximate surface area is 126 Å². The fourth-order valence-corrected chi connectivity index (χ4v) is 2.33. The van der Waals surface area contributed by atoms with E-state index in [1.807, 2.05) is 67.3 Å². The molecule has 2 N–H and O–H groups in total. The predicted molar refractivity (Wildman–Crippen MR) is 87.7 cm³/mol. The summed E-state index contributed by atoms with van der Waals surface area (Å²) < 4.78 is 0. The molecule has 2 aromatic rings. The Morgan fingerprint density at radius 3 is 2.33 bits per heavy atom. The molecular weight excluding hydrogens is 260 g/mol. The molecule has 0 atom stereocenters. The van der Waals surface area contributed by atoms with Crippen molar-refractivity contribution in [2.24, 2.45) is 5.73 Å². The zero-order valence-corrected chi connectivity index (χ0v) is 12.7. The molecule has 0 heterocycles. The maximum Gasteiger partial charge on any atom is 0.258 e. The number of anilines is 1. The number of aryl methyl sites for hydroxylation is 2. The molecule has 0 aromatic heterocycles. The summed E-state index contributed by atoms with van der Waals surface area (Å²) in [6.45, 7) is 5.23. The van der Waals surface area contributed by atoms with Gasteiger partial charge in [-0.05, 0) is 56.6 Å². The molecule has 0 aliphatic heterocycles. The molecule has 0 radical (unpaired) electrons. The quantitative estimate of drug-likeness (QED) is 0.914. The number of rotatable bonds is 5. The van der Waals surface area contributed by atoms with Crippen LogP contribution in [0.15, 0.2) is 48.5 Å². The van der Waals surface area contributed by atoms with E-state index in [9.17, 15) is 4.79 Å². The number of carbonyl (C=O) groups excluding carboxylic acids is 1. The van der Waals surface area contributed by atoms with Crippen molar-refractivity contribution in [3.63, 3.8) is 0 Å². The SMILES string of the molecule is Cc1cccc(C(=O)N(CCCN)c2cccc(C)c2)c1. The first-order valence-corrected chi connectivity index (χ1v) is 7.27. The molecule has 0 aliphatic carbocycles. The minimum absolute atomic E-state index is 0.0257. The first-order chi connectivity index (χ1) is 10.1. The van der Waals surface area contributed by atoms with Crippen molar-refractivity contribution in [1.82, 2.24) is 0 Å². The van der Waals surface area contributed by atoms with Crippen LogP contribution in [0.4, 0.5) is 5.69 Å². The van der Waals surface area contributed by atoms with E-state index in [1.54, 1.807) is 0 Å². The highest BCUT2D eigenvalue weighted by molar-refractivity contribution is 6.06. The van der Waals surface area contributed by atoms with E-state index in [0.29, 0.717) is 18.7 Å². The van der Waals surface area contributed by atoms with Crippen LogP contribution in [0.1, 0.15) is 27.9 Å². The maximum absolute atomic E-state index is 12.8. The highest BCUT2D eigenvalue weighted by atomic mass is 16.2. The minimum atomic E-state index is 0.0257. The lowest BCUT2D eigenvalue weighted by molar-refractivity contribution is 0.0986. The van der Waals surface area contributed by atoms with Crippen LogP contribution in [0, 0.1) is 13.8 Å². The number of nitrogens with two attached hydrogens (primary N) is 1. The average Bonchev–Trinajstić information content (AvgIpc) is 2.47. The molecule has 1 amide bonds. The van der Waals surface area contributed by atoms with Crippen molar-refractivity contribution in [2.75, 3.05) is 18.0 Å². The van der Waals surface area contributed by atoms with Gasteiger partial charge in [-0.15, -0.1) is 0 Å². The normalized spacial score (nSPS) is 10.4. The molecule has 3 nitrogen and oxygen atoms in total. The number of nitrogens with zero attached hydrogens (tertiary/aromatic N) is 1. The van der Waals surface area contributed by atoms with Crippen LogP contribution in [0.3, 0.4) is 0 Å². The predicted octanol–water partition coefficient (Wildman–Crippen LogP) is 3.30. The molecule has 3 heteroatoms. The van der Waals surface area contributed by atoms with Gasteiger partial charge in [-0.1, -0.05) is 29.8 Å². The number of hydrogen-bond donors (Lipinski definition) is 1. The van der Waals surface area contributed by atoms with E-state index < -0.39 is 0 Å². The standard InChI is InChI=1S/C18H22N2O/c1-14-6-3-8-16(12-14)18(21)20(11-5-10-19)17-9-4-7-15(2)13-17/h3-4,6-9,12-13H,5,10-11,19H2,1-2H3. The van der Waals surface area contributed by atoms with E-state index >= 15 is 0 Å². The van der Waals surface area contributed by atoms with Gasteiger partial charge in [0.2, 0.25) is 0 Å². The summed E-state index contributed by atoms with van der Waals surface area (Å²) in [5.41, 5.74) is 9.48. The fraction of sp³-hybridized carbons (Fsp3) is 0.278. The van der Waals surface area contributed by atoms with E-state index in [2.05, 4.69) is 0 Å². The first-order valence-electron chi connectivity index (χ1n) is 7.27. The molecular formula is C18H22N2O. The second-order valence-electron chi connectivity index (χ2n) is 5.31. The fourth-order valence-electron chi connectivity index (χ4n) is 2.33. The van der Waals surface area contributed by atoms with Crippen LogP contribution in [-0.4, -0.2) is 19.0 Å². The maximum atomic E-state index is 12.8. The van der Waals surface area contributed by atoms with Crippen LogP contribution in [-0.2, 0) is 0 Å². The van der Waals surface area contributed by atoms with Crippen LogP contribution in [0.25, 0.3) is 0 Å². The summed E-state index contributed by atoms with van der Waals surface area (Å²) in [6, 6.07) is 15.7. The molecule has 2 rings (SSSR count). The summed E-state index contributed by atoms with van der Waals surface area (Å²) in [7, 11) is 0. The van der Waals surface area contributed by atoms with Crippen molar-refractivity contribution in [3.8, 4) is 0 Å². The topological polar surface area (TPSA) is 46.3 Å². The van der Waals surface area contributed by atoms with E-state index in [0.717, 1.165) is 23.2 Å². The van der Waals surface area contributed by atoms with Gasteiger partial charge < -0.3 is 10.6 Å². The van der Waals surface area contributed by atoms with Gasteiger partial charge in [0.1, 0.15) is 0 Å². The van der Waals surface area contributed by atoms with Crippen molar-refractivity contribution in [1.29, 1.82) is 0 Å². The average molecular weight is 282 g/mol. The summed E-state index contributed by atoms with van der Waals surface area (Å²) in [5, 5.41) is 0. The summed E-state index contributed by atoms with van der Waals surface area (Å²) in [5.74, 6) is 0.0257. The second-order valence-corrected chi connectivity index (χ2v) is 5.31. The number of carbonyl (C=O) groups is 1. The Hall–Kier alpha value is -2.13. The first kappa shape index (κ1) is 15.3. The number of amides is 1. The third kappa shape index (κ3) is 3.92. The second kappa shape index (κ2) is 7.04. The Balaban J connectivity index is 2.33. The van der Waals surface area contributed by atoms with Crippen LogP contribution >= 0.6 is 0 Å². The Bertz CT molecular complexity index is 622. The molecule has 0 bridgehead atoms. The minimum Gasteiger partial charge on any atom is -0.330 e. The molecule has 110 valence electrons. The van der Waals surface area contributed by atoms with Crippen molar-refractivity contribution < 1.29 is 4.79 Å². The Kier molecular flexibility index (Phi) is 5.12. The molecule has 0 saturated carbocycles. The lowest BCUT2D eigenvalue weighted by Gasteiger charge is -2.23. The zero-order valence-electron chi connectivity index (χ0n) is 12.7. The van der Waals surface area contributed by atoms with Crippen molar-refractivity contribution in [3.05, 3.63) is 65.2 Å². The number of hydrogen-bond acceptors (Lipinski definition) is 2. The molecule has 0 saturated heterocycles. The summed E-state index contributed by atoms with van der Waals surface area (Å²) >= 11 is 0. The Morgan fingerprint density at radius 1 is 1.05 bits per heavy atom. The molecule has 0 fully saturated rings. The zero-order chi connectivity index (χ0) is 15.2. The van der Waals surface area contributed by atoms with Crippen molar-refractivity contribution in [2.45, 2.75) is 20.3 Å². The highest BCUT2D eigenvalue weighted by Gasteiger charge is 2.17. The lowest BCUT2D eigenvalue weighted by atomic mass is 10.1. The molecule has 0 aliphatic rings. The van der Waals surface area contributed by atoms with Gasteiger partial charge >= 0.3 is 0 Å². The van der Waals surface area contributed by atoms with Crippen LogP contribution in [0.5, 0.6) is 0 Å². The Morgan fingerprint density at radius 2 is 1.71 bits per heavy atom. The van der Waals surface area contributed by atoms with E-state index in [4.69, 9.17) is 5.73 Å². The van der Waals surface area contributed by atoms with Gasteiger partial charge in [0.15, 0.2) is 0 Å². The highest BCUT2D eigenvalue weighted by Crippen LogP contribution is 2.19. The number of benzene rings is 2. The third-order valence-electron chi connectivity index (χ3n) is 3.41. The van der Waals surface area contributed by atoms with Crippen molar-refractivity contribution >= 4 is 11.6 Å². The van der Waals surface area contributed by atoms with Gasteiger partial charge in [0, 0.05) is 17.8 Å². The van der Waals surface area contributed by atoms with Gasteiger partial charge in [0.25, 0.3) is 5.91 Å². The van der Waals surface area contributed by atoms with Gasteiger partial charge in [-0.2, -0.15) is 0 Å². The van der Waals surface area contributed by atoms with Gasteiger partial charge in [-0.25, -0.2) is 0 Å². The summed E-state index contributed by atoms with van der Waals surface area (Å²) in [4.78, 5) is 14.6. The van der Waals surface area contributed by atoms with Gasteiger partial charge in [0.05, 0.1) is 0 Å². The largest absolute Gasteiger partial charge is 0.330 e. The summed E-state index contributed by atoms with van der Waals surface area (Å²) in [6.07, 6.45) is 0.783. The van der Waals surface area contributed by atoms with Crippen LogP contribution < -0.4 is 10.6 Å². The van der Waals surface area contributed by atoms with Crippen LogP contribution in [0.2, 0.25) is 0 Å². The molecule has 21 heavy (non-hydrogen) atoms.